The minimum atomic E-state index is -0.915. The number of aromatic nitrogens is 1. The predicted molar refractivity (Wildman–Crippen MR) is 90.1 cm³/mol. The Morgan fingerprint density at radius 2 is 1.91 bits per heavy atom. The highest BCUT2D eigenvalue weighted by molar-refractivity contribution is 5.95. The molecule has 0 saturated heterocycles. The van der Waals surface area contributed by atoms with Crippen molar-refractivity contribution in [2.24, 2.45) is 0 Å². The van der Waals surface area contributed by atoms with Gasteiger partial charge in [0.1, 0.15) is 12.4 Å². The van der Waals surface area contributed by atoms with Gasteiger partial charge in [-0.2, -0.15) is 0 Å². The summed E-state index contributed by atoms with van der Waals surface area (Å²) in [5.41, 5.74) is 3.50. The van der Waals surface area contributed by atoms with E-state index in [1.807, 2.05) is 43.5 Å². The highest BCUT2D eigenvalue weighted by atomic mass is 16.5. The summed E-state index contributed by atoms with van der Waals surface area (Å²) >= 11 is 0. The summed E-state index contributed by atoms with van der Waals surface area (Å²) in [5, 5.41) is 10.1. The molecule has 0 bridgehead atoms. The van der Waals surface area contributed by atoms with Gasteiger partial charge in [0.2, 0.25) is 0 Å². The van der Waals surface area contributed by atoms with Crippen LogP contribution < -0.4 is 4.74 Å². The number of hydrogen-bond acceptors (Lipinski definition) is 2. The van der Waals surface area contributed by atoms with Crippen LogP contribution in [-0.4, -0.2) is 15.6 Å². The Morgan fingerprint density at radius 1 is 1.17 bits per heavy atom. The van der Waals surface area contributed by atoms with Gasteiger partial charge in [-0.05, 0) is 44.2 Å². The van der Waals surface area contributed by atoms with Gasteiger partial charge in [0.25, 0.3) is 0 Å². The molecule has 3 rings (SSSR count). The average molecular weight is 309 g/mol. The molecule has 1 heterocycles. The van der Waals surface area contributed by atoms with Crippen LogP contribution in [0.2, 0.25) is 0 Å². The molecule has 0 aliphatic rings. The van der Waals surface area contributed by atoms with Crippen LogP contribution in [-0.2, 0) is 13.2 Å². The number of nitrogens with zero attached hydrogens (tertiary/aromatic N) is 1. The van der Waals surface area contributed by atoms with Crippen LogP contribution in [0.3, 0.4) is 0 Å². The number of carboxylic acids is 1. The summed E-state index contributed by atoms with van der Waals surface area (Å²) in [6, 6.07) is 13.1. The van der Waals surface area contributed by atoms with Crippen molar-refractivity contribution >= 4 is 16.9 Å². The van der Waals surface area contributed by atoms with Crippen LogP contribution in [0.1, 0.15) is 28.4 Å². The molecule has 4 heteroatoms. The van der Waals surface area contributed by atoms with E-state index in [-0.39, 0.29) is 0 Å². The highest BCUT2D eigenvalue weighted by Gasteiger charge is 2.12. The van der Waals surface area contributed by atoms with E-state index in [1.54, 1.807) is 12.1 Å². The van der Waals surface area contributed by atoms with Crippen molar-refractivity contribution in [2.75, 3.05) is 0 Å². The van der Waals surface area contributed by atoms with Crippen LogP contribution >= 0.6 is 0 Å². The number of hydrogen-bond donors (Lipinski definition) is 1. The second-order valence-electron chi connectivity index (χ2n) is 5.58. The highest BCUT2D eigenvalue weighted by Crippen LogP contribution is 2.25. The van der Waals surface area contributed by atoms with Gasteiger partial charge >= 0.3 is 5.97 Å². The fraction of sp³-hybridized carbons (Fsp3) is 0.211. The van der Waals surface area contributed by atoms with Crippen LogP contribution in [0.5, 0.6) is 5.75 Å². The first-order valence-electron chi connectivity index (χ1n) is 7.63. The Balaban J connectivity index is 1.93. The van der Waals surface area contributed by atoms with Crippen LogP contribution in [0.15, 0.2) is 48.7 Å². The fourth-order valence-corrected chi connectivity index (χ4v) is 2.68. The molecular formula is C19H19NO3. The summed E-state index contributed by atoms with van der Waals surface area (Å²) in [4.78, 5) is 11.2. The van der Waals surface area contributed by atoms with Crippen LogP contribution in [0.25, 0.3) is 10.9 Å². The number of aromatic carboxylic acids is 1. The van der Waals surface area contributed by atoms with Gasteiger partial charge < -0.3 is 14.4 Å². The molecule has 4 nitrogen and oxygen atoms in total. The minimum Gasteiger partial charge on any atom is -0.489 e. The molecule has 3 aromatic rings. The maximum atomic E-state index is 11.2. The van der Waals surface area contributed by atoms with Crippen molar-refractivity contribution < 1.29 is 14.6 Å². The number of carbonyl (C=O) groups is 1. The molecule has 0 aliphatic heterocycles. The van der Waals surface area contributed by atoms with Crippen molar-refractivity contribution in [2.45, 2.75) is 27.0 Å². The van der Waals surface area contributed by atoms with Crippen molar-refractivity contribution in [1.29, 1.82) is 0 Å². The zero-order valence-corrected chi connectivity index (χ0v) is 13.2. The van der Waals surface area contributed by atoms with Gasteiger partial charge in [-0.3, -0.25) is 0 Å². The molecule has 0 aliphatic carbocycles. The Morgan fingerprint density at radius 3 is 2.57 bits per heavy atom. The smallest absolute Gasteiger partial charge is 0.335 e. The number of rotatable bonds is 5. The molecule has 0 unspecified atom stereocenters. The van der Waals surface area contributed by atoms with E-state index in [9.17, 15) is 9.90 Å². The maximum Gasteiger partial charge on any atom is 0.335 e. The SMILES string of the molecule is CCn1cc(COc2ccc(C)cc2)c2cc(C(=O)O)ccc21. The summed E-state index contributed by atoms with van der Waals surface area (Å²) in [7, 11) is 0. The topological polar surface area (TPSA) is 51.5 Å². The lowest BCUT2D eigenvalue weighted by Gasteiger charge is -2.06. The number of ether oxygens (including phenoxy) is 1. The van der Waals surface area contributed by atoms with Crippen molar-refractivity contribution in [3.8, 4) is 5.75 Å². The van der Waals surface area contributed by atoms with Crippen molar-refractivity contribution in [3.63, 3.8) is 0 Å². The van der Waals surface area contributed by atoms with Crippen LogP contribution in [0.4, 0.5) is 0 Å². The molecule has 1 aromatic heterocycles. The van der Waals surface area contributed by atoms with Gasteiger partial charge in [0.05, 0.1) is 5.56 Å². The van der Waals surface area contributed by atoms with Gasteiger partial charge in [-0.1, -0.05) is 17.7 Å². The Labute approximate surface area is 134 Å². The third-order valence-corrected chi connectivity index (χ3v) is 3.97. The summed E-state index contributed by atoms with van der Waals surface area (Å²) < 4.78 is 7.96. The van der Waals surface area contributed by atoms with E-state index in [0.717, 1.165) is 28.8 Å². The van der Waals surface area contributed by atoms with E-state index >= 15 is 0 Å². The van der Waals surface area contributed by atoms with E-state index in [0.29, 0.717) is 12.2 Å². The fourth-order valence-electron chi connectivity index (χ4n) is 2.68. The van der Waals surface area contributed by atoms with Gasteiger partial charge in [0.15, 0.2) is 0 Å². The van der Waals surface area contributed by atoms with Crippen molar-refractivity contribution in [1.82, 2.24) is 4.57 Å². The molecule has 23 heavy (non-hydrogen) atoms. The second-order valence-corrected chi connectivity index (χ2v) is 5.58. The zero-order valence-electron chi connectivity index (χ0n) is 13.2. The molecule has 0 amide bonds. The minimum absolute atomic E-state index is 0.294. The Hall–Kier alpha value is -2.75. The molecule has 0 spiro atoms. The largest absolute Gasteiger partial charge is 0.489 e. The van der Waals surface area contributed by atoms with Crippen LogP contribution in [0, 0.1) is 6.92 Å². The lowest BCUT2D eigenvalue weighted by atomic mass is 10.1. The summed E-state index contributed by atoms with van der Waals surface area (Å²) in [5.74, 6) is -0.107. The molecule has 0 radical (unpaired) electrons. The molecule has 0 saturated carbocycles. The molecule has 118 valence electrons. The quantitative estimate of drug-likeness (QED) is 0.766. The van der Waals surface area contributed by atoms with Crippen molar-refractivity contribution in [3.05, 3.63) is 65.4 Å². The average Bonchev–Trinajstić information content (AvgIpc) is 2.91. The number of aryl methyl sites for hydroxylation is 2. The monoisotopic (exact) mass is 309 g/mol. The Bertz CT molecular complexity index is 847. The first-order valence-corrected chi connectivity index (χ1v) is 7.63. The van der Waals surface area contributed by atoms with E-state index in [4.69, 9.17) is 4.74 Å². The summed E-state index contributed by atoms with van der Waals surface area (Å²) in [6.07, 6.45) is 2.03. The van der Waals surface area contributed by atoms with Gasteiger partial charge in [-0.15, -0.1) is 0 Å². The normalized spacial score (nSPS) is 10.9. The van der Waals surface area contributed by atoms with Gasteiger partial charge in [0, 0.05) is 29.2 Å². The Kier molecular flexibility index (Phi) is 4.06. The molecule has 2 aromatic carbocycles. The second kappa shape index (κ2) is 6.16. The number of benzene rings is 2. The first-order chi connectivity index (χ1) is 11.1. The maximum absolute atomic E-state index is 11.2. The third kappa shape index (κ3) is 3.06. The van der Waals surface area contributed by atoms with E-state index in [1.165, 1.54) is 5.56 Å². The molecule has 1 N–H and O–H groups in total. The lowest BCUT2D eigenvalue weighted by Crippen LogP contribution is -1.97. The van der Waals surface area contributed by atoms with E-state index < -0.39 is 5.97 Å². The standard InChI is InChI=1S/C19H19NO3/c1-3-20-11-15(12-23-16-7-4-13(2)5-8-16)17-10-14(19(21)22)6-9-18(17)20/h4-11H,3,12H2,1-2H3,(H,21,22). The third-order valence-electron chi connectivity index (χ3n) is 3.97. The molecular weight excluding hydrogens is 290 g/mol. The lowest BCUT2D eigenvalue weighted by molar-refractivity contribution is 0.0697. The number of fused-ring (bicyclic) bond motifs is 1. The molecule has 0 atom stereocenters. The zero-order chi connectivity index (χ0) is 16.4. The predicted octanol–water partition coefficient (Wildman–Crippen LogP) is 4.25. The summed E-state index contributed by atoms with van der Waals surface area (Å²) in [6.45, 7) is 5.34. The van der Waals surface area contributed by atoms with Gasteiger partial charge in [-0.25, -0.2) is 4.79 Å². The molecule has 0 fully saturated rings. The first kappa shape index (κ1) is 15.2. The van der Waals surface area contributed by atoms with E-state index in [2.05, 4.69) is 11.5 Å². The number of carboxylic acid groups (broad SMARTS) is 1.